The van der Waals surface area contributed by atoms with E-state index in [1.165, 1.54) is 10.9 Å². The van der Waals surface area contributed by atoms with Crippen LogP contribution in [0, 0.1) is 0 Å². The van der Waals surface area contributed by atoms with Crippen LogP contribution in [-0.4, -0.2) is 33.5 Å². The van der Waals surface area contributed by atoms with Crippen LogP contribution in [0.5, 0.6) is 5.75 Å². The van der Waals surface area contributed by atoms with E-state index in [9.17, 15) is 4.79 Å². The van der Waals surface area contributed by atoms with E-state index in [2.05, 4.69) is 10.2 Å². The molecule has 142 valence electrons. The van der Waals surface area contributed by atoms with Gasteiger partial charge in [-0.15, -0.1) is 0 Å². The number of hydrogen-bond donors (Lipinski definition) is 0. The summed E-state index contributed by atoms with van der Waals surface area (Å²) < 4.78 is 6.76. The van der Waals surface area contributed by atoms with Crippen LogP contribution < -0.4 is 4.74 Å². The van der Waals surface area contributed by atoms with Crippen molar-refractivity contribution in [3.63, 3.8) is 0 Å². The summed E-state index contributed by atoms with van der Waals surface area (Å²) in [6.07, 6.45) is 3.78. The fourth-order valence-electron chi connectivity index (χ4n) is 3.27. The zero-order valence-corrected chi connectivity index (χ0v) is 16.1. The van der Waals surface area contributed by atoms with Gasteiger partial charge in [0.1, 0.15) is 12.3 Å². The number of nitrogens with zero attached hydrogens (tertiary/aromatic N) is 4. The lowest BCUT2D eigenvalue weighted by Crippen LogP contribution is -2.30. The van der Waals surface area contributed by atoms with Crippen molar-refractivity contribution in [1.82, 2.24) is 14.8 Å². The summed E-state index contributed by atoms with van der Waals surface area (Å²) in [5, 5.41) is 10.8. The summed E-state index contributed by atoms with van der Waals surface area (Å²) in [5.41, 5.74) is 2.90. The Morgan fingerprint density at radius 1 is 1.18 bits per heavy atom. The number of aromatic nitrogens is 2. The molecule has 1 atom stereocenters. The average Bonchev–Trinajstić information content (AvgIpc) is 3.35. The van der Waals surface area contributed by atoms with Gasteiger partial charge in [0, 0.05) is 12.6 Å². The molecule has 3 aromatic rings. The van der Waals surface area contributed by atoms with Gasteiger partial charge in [0.05, 0.1) is 30.1 Å². The number of carbonyl (C=O) groups excluding carboxylic acids is 1. The number of halogens is 1. The van der Waals surface area contributed by atoms with Crippen LogP contribution >= 0.6 is 11.6 Å². The van der Waals surface area contributed by atoms with Gasteiger partial charge in [-0.2, -0.15) is 10.2 Å². The minimum atomic E-state index is -0.181. The Kier molecular flexibility index (Phi) is 5.12. The van der Waals surface area contributed by atoms with Crippen LogP contribution in [0.3, 0.4) is 0 Å². The maximum Gasteiger partial charge on any atom is 0.264 e. The molecule has 28 heavy (non-hydrogen) atoms. The number of benzene rings is 2. The standard InChI is InChI=1S/C21H19ClN4O2/c1-28-18-9-7-16(8-10-18)20-11-19(15-5-3-2-4-6-15)24-26(20)21(27)14-25-13-17(22)12-23-25/h2-10,12-13,20H,11,14H2,1H3. The number of amides is 1. The predicted octanol–water partition coefficient (Wildman–Crippen LogP) is 3.92. The van der Waals surface area contributed by atoms with Crippen molar-refractivity contribution in [2.75, 3.05) is 7.11 Å². The molecule has 1 unspecified atom stereocenters. The number of ether oxygens (including phenoxy) is 1. The van der Waals surface area contributed by atoms with Crippen molar-refractivity contribution in [2.45, 2.75) is 19.0 Å². The van der Waals surface area contributed by atoms with Gasteiger partial charge < -0.3 is 4.74 Å². The number of methoxy groups -OCH3 is 1. The first-order chi connectivity index (χ1) is 13.6. The van der Waals surface area contributed by atoms with Crippen molar-refractivity contribution in [3.8, 4) is 5.75 Å². The molecule has 0 N–H and O–H groups in total. The molecule has 0 aliphatic carbocycles. The summed E-state index contributed by atoms with van der Waals surface area (Å²) in [4.78, 5) is 13.0. The molecule has 7 heteroatoms. The van der Waals surface area contributed by atoms with E-state index < -0.39 is 0 Å². The van der Waals surface area contributed by atoms with Crippen LogP contribution in [0.15, 0.2) is 72.1 Å². The first-order valence-electron chi connectivity index (χ1n) is 8.91. The van der Waals surface area contributed by atoms with Crippen LogP contribution in [0.2, 0.25) is 5.02 Å². The van der Waals surface area contributed by atoms with Crippen molar-refractivity contribution >= 4 is 23.2 Å². The summed E-state index contributed by atoms with van der Waals surface area (Å²) in [6.45, 7) is 0.0743. The third kappa shape index (κ3) is 3.77. The van der Waals surface area contributed by atoms with Crippen molar-refractivity contribution in [3.05, 3.63) is 83.1 Å². The van der Waals surface area contributed by atoms with Crippen LogP contribution in [0.25, 0.3) is 0 Å². The molecule has 0 saturated heterocycles. The largest absolute Gasteiger partial charge is 0.497 e. The number of hydrazone groups is 1. The highest BCUT2D eigenvalue weighted by molar-refractivity contribution is 6.30. The maximum atomic E-state index is 13.0. The fourth-order valence-corrected chi connectivity index (χ4v) is 3.42. The highest BCUT2D eigenvalue weighted by Crippen LogP contribution is 2.33. The van der Waals surface area contributed by atoms with E-state index >= 15 is 0 Å². The smallest absolute Gasteiger partial charge is 0.264 e. The zero-order valence-electron chi connectivity index (χ0n) is 15.3. The summed E-state index contributed by atoms with van der Waals surface area (Å²) >= 11 is 5.91. The maximum absolute atomic E-state index is 13.0. The Bertz CT molecular complexity index is 999. The first-order valence-corrected chi connectivity index (χ1v) is 9.28. The van der Waals surface area contributed by atoms with Gasteiger partial charge >= 0.3 is 0 Å². The second kappa shape index (κ2) is 7.86. The monoisotopic (exact) mass is 394 g/mol. The quantitative estimate of drug-likeness (QED) is 0.659. The van der Waals surface area contributed by atoms with Gasteiger partial charge in [0.25, 0.3) is 5.91 Å². The van der Waals surface area contributed by atoms with E-state index in [0.717, 1.165) is 22.6 Å². The Hall–Kier alpha value is -3.12. The van der Waals surface area contributed by atoms with Gasteiger partial charge in [-0.25, -0.2) is 5.01 Å². The van der Waals surface area contributed by atoms with E-state index in [1.54, 1.807) is 18.3 Å². The number of carbonyl (C=O) groups is 1. The van der Waals surface area contributed by atoms with E-state index in [0.29, 0.717) is 11.4 Å². The Labute approximate surface area is 168 Å². The van der Waals surface area contributed by atoms with Gasteiger partial charge in [-0.3, -0.25) is 9.48 Å². The molecular formula is C21H19ClN4O2. The van der Waals surface area contributed by atoms with Crippen molar-refractivity contribution in [2.24, 2.45) is 5.10 Å². The molecule has 0 radical (unpaired) electrons. The van der Waals surface area contributed by atoms with Crippen LogP contribution in [0.1, 0.15) is 23.6 Å². The third-order valence-electron chi connectivity index (χ3n) is 4.67. The summed E-state index contributed by atoms with van der Waals surface area (Å²) in [6, 6.07) is 17.5. The highest BCUT2D eigenvalue weighted by Gasteiger charge is 2.33. The molecule has 2 heterocycles. The minimum Gasteiger partial charge on any atom is -0.497 e. The van der Waals surface area contributed by atoms with Crippen molar-refractivity contribution in [1.29, 1.82) is 0 Å². The Balaban J connectivity index is 1.64. The van der Waals surface area contributed by atoms with Gasteiger partial charge in [0.15, 0.2) is 0 Å². The topological polar surface area (TPSA) is 59.7 Å². The predicted molar refractivity (Wildman–Crippen MR) is 107 cm³/mol. The third-order valence-corrected chi connectivity index (χ3v) is 4.87. The lowest BCUT2D eigenvalue weighted by Gasteiger charge is -2.22. The summed E-state index contributed by atoms with van der Waals surface area (Å²) in [7, 11) is 1.63. The molecule has 0 saturated carbocycles. The van der Waals surface area contributed by atoms with E-state index in [-0.39, 0.29) is 18.5 Å². The lowest BCUT2D eigenvalue weighted by molar-refractivity contribution is -0.133. The fraction of sp³-hybridized carbons (Fsp3) is 0.190. The first kappa shape index (κ1) is 18.3. The minimum absolute atomic E-state index is 0.0743. The number of hydrogen-bond acceptors (Lipinski definition) is 4. The zero-order chi connectivity index (χ0) is 19.5. The lowest BCUT2D eigenvalue weighted by atomic mass is 9.98. The summed E-state index contributed by atoms with van der Waals surface area (Å²) in [5.74, 6) is 0.626. The molecule has 1 aliphatic heterocycles. The van der Waals surface area contributed by atoms with Gasteiger partial charge in [-0.1, -0.05) is 54.1 Å². The second-order valence-corrected chi connectivity index (χ2v) is 6.94. The van der Waals surface area contributed by atoms with Crippen LogP contribution in [0.4, 0.5) is 0 Å². The molecule has 4 rings (SSSR count). The molecule has 1 aromatic heterocycles. The molecule has 0 bridgehead atoms. The van der Waals surface area contributed by atoms with E-state index in [1.807, 2.05) is 54.6 Å². The normalized spacial score (nSPS) is 16.1. The average molecular weight is 395 g/mol. The Morgan fingerprint density at radius 3 is 2.57 bits per heavy atom. The van der Waals surface area contributed by atoms with Crippen LogP contribution in [-0.2, 0) is 11.3 Å². The van der Waals surface area contributed by atoms with Crippen molar-refractivity contribution < 1.29 is 9.53 Å². The van der Waals surface area contributed by atoms with Gasteiger partial charge in [0.2, 0.25) is 0 Å². The highest BCUT2D eigenvalue weighted by atomic mass is 35.5. The molecular weight excluding hydrogens is 376 g/mol. The van der Waals surface area contributed by atoms with Gasteiger partial charge in [-0.05, 0) is 23.3 Å². The Morgan fingerprint density at radius 2 is 1.93 bits per heavy atom. The molecule has 6 nitrogen and oxygen atoms in total. The van der Waals surface area contributed by atoms with E-state index in [4.69, 9.17) is 16.3 Å². The SMILES string of the molecule is COc1ccc(C2CC(c3ccccc3)=NN2C(=O)Cn2cc(Cl)cn2)cc1. The number of rotatable bonds is 5. The molecule has 0 fully saturated rings. The second-order valence-electron chi connectivity index (χ2n) is 6.50. The molecule has 1 aliphatic rings. The molecule has 2 aromatic carbocycles. The molecule has 0 spiro atoms. The molecule has 1 amide bonds.